The topological polar surface area (TPSA) is 14.3 Å². The van der Waals surface area contributed by atoms with E-state index in [0.717, 1.165) is 5.69 Å². The first-order chi connectivity index (χ1) is 24.4. The molecule has 0 amide bonds. The molecule has 4 heterocycles. The summed E-state index contributed by atoms with van der Waals surface area (Å²) in [5.41, 5.74) is 12.0. The lowest BCUT2D eigenvalue weighted by Crippen LogP contribution is -1.99. The fraction of sp³-hybridized carbons (Fsp3) is 0. The summed E-state index contributed by atoms with van der Waals surface area (Å²) >= 11 is 0. The zero-order valence-electron chi connectivity index (χ0n) is 26.6. The third-order valence-electron chi connectivity index (χ3n) is 10.4. The highest BCUT2D eigenvalue weighted by molar-refractivity contribution is 6.27. The number of hydrogen-bond donors (Lipinski definition) is 0. The van der Waals surface area contributed by atoms with Crippen LogP contribution in [-0.2, 0) is 0 Å². The molecule has 0 aliphatic heterocycles. The zero-order chi connectivity index (χ0) is 32.1. The van der Waals surface area contributed by atoms with Gasteiger partial charge in [0.05, 0.1) is 27.6 Å². The van der Waals surface area contributed by atoms with Crippen LogP contribution in [0.5, 0.6) is 0 Å². The maximum Gasteiger partial charge on any atom is 0.131 e. The average Bonchev–Trinajstić information content (AvgIpc) is 3.81. The highest BCUT2D eigenvalue weighted by Gasteiger charge is 2.26. The van der Waals surface area contributed by atoms with Crippen molar-refractivity contribution in [2.75, 3.05) is 0 Å². The van der Waals surface area contributed by atoms with Gasteiger partial charge in [-0.05, 0) is 65.5 Å². The summed E-state index contributed by atoms with van der Waals surface area (Å²) in [6.07, 6.45) is 0. The molecular formula is C46H29N3. The van der Waals surface area contributed by atoms with Crippen LogP contribution < -0.4 is 0 Å². The van der Waals surface area contributed by atoms with Gasteiger partial charge in [0.25, 0.3) is 0 Å². The average molecular weight is 624 g/mol. The fourth-order valence-electron chi connectivity index (χ4n) is 8.43. The normalized spacial score (nSPS) is 12.1. The molecule has 4 aromatic heterocycles. The maximum atomic E-state index is 2.53. The Bertz CT molecular complexity index is 3090. The standard InChI is InChI=1S/C46H29N3/c1-3-15-31(16-4-1)47-39-24-12-10-21-35(39)38-29-30(27-28-42(38)47)43-44-37-23-11-14-26-41(37)48(32-17-5-2-6-18-32)46(44)49-40-25-13-9-20-34(40)33-19-7-8-22-36(33)45(43)49/h1-29H. The lowest BCUT2D eigenvalue weighted by atomic mass is 9.97. The molecule has 7 aromatic carbocycles. The van der Waals surface area contributed by atoms with E-state index < -0.39 is 0 Å². The van der Waals surface area contributed by atoms with Crippen LogP contribution in [0.25, 0.3) is 93.4 Å². The maximum absolute atomic E-state index is 2.53. The first-order valence-electron chi connectivity index (χ1n) is 16.9. The molecule has 0 bridgehead atoms. The van der Waals surface area contributed by atoms with E-state index in [1.165, 1.54) is 87.7 Å². The minimum absolute atomic E-state index is 1.15. The van der Waals surface area contributed by atoms with Gasteiger partial charge < -0.3 is 4.57 Å². The number of pyridine rings is 1. The van der Waals surface area contributed by atoms with Gasteiger partial charge in [-0.1, -0.05) is 121 Å². The highest BCUT2D eigenvalue weighted by atomic mass is 15.1. The van der Waals surface area contributed by atoms with Crippen molar-refractivity contribution in [3.05, 3.63) is 176 Å². The van der Waals surface area contributed by atoms with E-state index in [1.54, 1.807) is 0 Å². The van der Waals surface area contributed by atoms with E-state index in [0.29, 0.717) is 0 Å². The van der Waals surface area contributed by atoms with Crippen LogP contribution >= 0.6 is 0 Å². The molecule has 3 nitrogen and oxygen atoms in total. The summed E-state index contributed by atoms with van der Waals surface area (Å²) in [6, 6.07) is 64.1. The molecular weight excluding hydrogens is 595 g/mol. The third kappa shape index (κ3) is 3.56. The predicted molar refractivity (Wildman–Crippen MR) is 207 cm³/mol. The Labute approximate surface area is 282 Å². The van der Waals surface area contributed by atoms with Crippen molar-refractivity contribution in [1.29, 1.82) is 0 Å². The molecule has 0 aliphatic rings. The van der Waals surface area contributed by atoms with Gasteiger partial charge in [-0.3, -0.25) is 8.97 Å². The van der Waals surface area contributed by atoms with Crippen LogP contribution in [0.15, 0.2) is 176 Å². The van der Waals surface area contributed by atoms with Crippen molar-refractivity contribution in [1.82, 2.24) is 13.5 Å². The molecule has 11 aromatic rings. The molecule has 49 heavy (non-hydrogen) atoms. The van der Waals surface area contributed by atoms with E-state index in [-0.39, 0.29) is 0 Å². The molecule has 0 aliphatic carbocycles. The molecule has 0 N–H and O–H groups in total. The predicted octanol–water partition coefficient (Wildman–Crippen LogP) is 12.1. The summed E-state index contributed by atoms with van der Waals surface area (Å²) in [7, 11) is 0. The molecule has 3 heteroatoms. The smallest absolute Gasteiger partial charge is 0.131 e. The van der Waals surface area contributed by atoms with Crippen LogP contribution in [0.4, 0.5) is 0 Å². The van der Waals surface area contributed by atoms with E-state index >= 15 is 0 Å². The first kappa shape index (κ1) is 26.5. The van der Waals surface area contributed by atoms with Gasteiger partial charge in [-0.25, -0.2) is 0 Å². The Morgan fingerprint density at radius 1 is 0.327 bits per heavy atom. The number of benzene rings is 7. The van der Waals surface area contributed by atoms with Crippen LogP contribution in [0, 0.1) is 0 Å². The highest BCUT2D eigenvalue weighted by Crippen LogP contribution is 2.48. The Morgan fingerprint density at radius 2 is 0.816 bits per heavy atom. The van der Waals surface area contributed by atoms with Gasteiger partial charge in [0.15, 0.2) is 0 Å². The Balaban J connectivity index is 1.38. The quantitative estimate of drug-likeness (QED) is 0.174. The van der Waals surface area contributed by atoms with Gasteiger partial charge in [0.2, 0.25) is 0 Å². The molecule has 228 valence electrons. The number of nitrogens with zero attached hydrogens (tertiary/aromatic N) is 3. The van der Waals surface area contributed by atoms with Crippen molar-refractivity contribution in [2.24, 2.45) is 0 Å². The second-order valence-electron chi connectivity index (χ2n) is 12.9. The van der Waals surface area contributed by atoms with Gasteiger partial charge in [-0.2, -0.15) is 0 Å². The van der Waals surface area contributed by atoms with Crippen molar-refractivity contribution in [2.45, 2.75) is 0 Å². The number of fused-ring (bicyclic) bond motifs is 13. The van der Waals surface area contributed by atoms with E-state index in [4.69, 9.17) is 0 Å². The van der Waals surface area contributed by atoms with Gasteiger partial charge in [-0.15, -0.1) is 0 Å². The first-order valence-corrected chi connectivity index (χ1v) is 16.9. The monoisotopic (exact) mass is 623 g/mol. The van der Waals surface area contributed by atoms with Gasteiger partial charge >= 0.3 is 0 Å². The fourth-order valence-corrected chi connectivity index (χ4v) is 8.43. The summed E-state index contributed by atoms with van der Waals surface area (Å²) in [4.78, 5) is 0. The van der Waals surface area contributed by atoms with E-state index in [9.17, 15) is 0 Å². The second kappa shape index (κ2) is 9.96. The molecule has 0 saturated carbocycles. The summed E-state index contributed by atoms with van der Waals surface area (Å²) in [5.74, 6) is 0. The lowest BCUT2D eigenvalue weighted by Gasteiger charge is -2.14. The van der Waals surface area contributed by atoms with E-state index in [1.807, 2.05) is 0 Å². The largest absolute Gasteiger partial charge is 0.309 e. The zero-order valence-corrected chi connectivity index (χ0v) is 26.6. The second-order valence-corrected chi connectivity index (χ2v) is 12.9. The van der Waals surface area contributed by atoms with Crippen molar-refractivity contribution >= 4 is 70.9 Å². The molecule has 0 spiro atoms. The Morgan fingerprint density at radius 3 is 1.51 bits per heavy atom. The van der Waals surface area contributed by atoms with Crippen LogP contribution in [0.2, 0.25) is 0 Å². The minimum atomic E-state index is 1.15. The van der Waals surface area contributed by atoms with Gasteiger partial charge in [0.1, 0.15) is 5.65 Å². The molecule has 0 atom stereocenters. The summed E-state index contributed by atoms with van der Waals surface area (Å²) in [6.45, 7) is 0. The molecule has 0 fully saturated rings. The van der Waals surface area contributed by atoms with Crippen LogP contribution in [0.3, 0.4) is 0 Å². The van der Waals surface area contributed by atoms with E-state index in [2.05, 4.69) is 189 Å². The SMILES string of the molecule is c1ccc(-n2c3ccccc3c3cc(-c4c5c6ccccc6n(-c6ccccc6)c5n5c6ccccc6c6ccccc6c45)ccc32)cc1. The number of rotatable bonds is 3. The number of para-hydroxylation sites is 5. The third-order valence-corrected chi connectivity index (χ3v) is 10.4. The van der Waals surface area contributed by atoms with Crippen molar-refractivity contribution < 1.29 is 0 Å². The molecule has 0 radical (unpaired) electrons. The lowest BCUT2D eigenvalue weighted by molar-refractivity contribution is 1.12. The van der Waals surface area contributed by atoms with Crippen LogP contribution in [0.1, 0.15) is 0 Å². The molecule has 11 rings (SSSR count). The Hall–Kier alpha value is -6.58. The van der Waals surface area contributed by atoms with Crippen molar-refractivity contribution in [3.63, 3.8) is 0 Å². The summed E-state index contributed by atoms with van der Waals surface area (Å²) in [5, 5.41) is 8.80. The minimum Gasteiger partial charge on any atom is -0.309 e. The van der Waals surface area contributed by atoms with Gasteiger partial charge in [0, 0.05) is 49.3 Å². The number of aromatic nitrogens is 3. The molecule has 0 saturated heterocycles. The molecule has 0 unspecified atom stereocenters. The van der Waals surface area contributed by atoms with Crippen LogP contribution in [-0.4, -0.2) is 13.5 Å². The number of hydrogen-bond acceptors (Lipinski definition) is 0. The summed E-state index contributed by atoms with van der Waals surface area (Å²) < 4.78 is 7.39. The van der Waals surface area contributed by atoms with Crippen molar-refractivity contribution in [3.8, 4) is 22.5 Å². The Kier molecular flexibility index (Phi) is 5.38.